The number of carboxylic acid groups (broad SMARTS) is 1. The van der Waals surface area contributed by atoms with Crippen molar-refractivity contribution in [3.05, 3.63) is 51.8 Å². The van der Waals surface area contributed by atoms with Gasteiger partial charge in [-0.2, -0.15) is 5.10 Å². The molecule has 2 N–H and O–H groups in total. The smallest absolute Gasteiger partial charge is 0.342 e. The number of hydrogen-bond donors (Lipinski definition) is 2. The Balaban J connectivity index is 2.05. The van der Waals surface area contributed by atoms with Gasteiger partial charge in [0.1, 0.15) is 5.56 Å². The van der Waals surface area contributed by atoms with Crippen molar-refractivity contribution >= 4 is 17.3 Å². The summed E-state index contributed by atoms with van der Waals surface area (Å²) in [7, 11) is 1.82. The van der Waals surface area contributed by atoms with Gasteiger partial charge in [0.25, 0.3) is 5.69 Å². The highest BCUT2D eigenvalue weighted by atomic mass is 16.6. The largest absolute Gasteiger partial charge is 0.477 e. The molecule has 8 heteroatoms. The predicted molar refractivity (Wildman–Crippen MR) is 75.5 cm³/mol. The summed E-state index contributed by atoms with van der Waals surface area (Å²) in [5.41, 5.74) is 0.809. The van der Waals surface area contributed by atoms with Crippen molar-refractivity contribution in [1.82, 2.24) is 9.78 Å². The van der Waals surface area contributed by atoms with Crippen LogP contribution in [0, 0.1) is 10.1 Å². The lowest BCUT2D eigenvalue weighted by atomic mass is 10.1. The monoisotopic (exact) mass is 290 g/mol. The van der Waals surface area contributed by atoms with Gasteiger partial charge in [0, 0.05) is 31.5 Å². The lowest BCUT2D eigenvalue weighted by Gasteiger charge is -2.06. The van der Waals surface area contributed by atoms with E-state index in [1.54, 1.807) is 10.9 Å². The van der Waals surface area contributed by atoms with E-state index >= 15 is 0 Å². The van der Waals surface area contributed by atoms with Gasteiger partial charge in [0.15, 0.2) is 0 Å². The molecule has 0 unspecified atom stereocenters. The number of aromatic carboxylic acids is 1. The lowest BCUT2D eigenvalue weighted by molar-refractivity contribution is -0.385. The highest BCUT2D eigenvalue weighted by Crippen LogP contribution is 2.23. The highest BCUT2D eigenvalue weighted by Gasteiger charge is 2.19. The van der Waals surface area contributed by atoms with E-state index in [1.807, 2.05) is 13.2 Å². The zero-order valence-corrected chi connectivity index (χ0v) is 11.3. The molecule has 0 bridgehead atoms. The molecule has 0 aliphatic rings. The van der Waals surface area contributed by atoms with Gasteiger partial charge in [0.2, 0.25) is 0 Å². The molecule has 0 saturated carbocycles. The van der Waals surface area contributed by atoms with Gasteiger partial charge in [-0.1, -0.05) is 0 Å². The van der Waals surface area contributed by atoms with E-state index in [4.69, 9.17) is 5.11 Å². The molecule has 110 valence electrons. The zero-order valence-electron chi connectivity index (χ0n) is 11.3. The molecule has 0 amide bonds. The Bertz CT molecular complexity index is 681. The number of aryl methyl sites for hydroxylation is 1. The minimum Gasteiger partial charge on any atom is -0.477 e. The summed E-state index contributed by atoms with van der Waals surface area (Å²) in [6.07, 6.45) is 4.34. The molecule has 1 aromatic carbocycles. The summed E-state index contributed by atoms with van der Waals surface area (Å²) < 4.78 is 1.70. The summed E-state index contributed by atoms with van der Waals surface area (Å²) in [5, 5.41) is 26.9. The van der Waals surface area contributed by atoms with E-state index < -0.39 is 16.6 Å². The van der Waals surface area contributed by atoms with E-state index in [2.05, 4.69) is 10.4 Å². The first kappa shape index (κ1) is 14.5. The zero-order chi connectivity index (χ0) is 15.4. The third-order valence-corrected chi connectivity index (χ3v) is 2.93. The summed E-state index contributed by atoms with van der Waals surface area (Å²) >= 11 is 0. The number of hydrogen-bond acceptors (Lipinski definition) is 5. The maximum absolute atomic E-state index is 10.9. The lowest BCUT2D eigenvalue weighted by Crippen LogP contribution is -2.07. The molecular formula is C13H14N4O4. The molecule has 0 saturated heterocycles. The summed E-state index contributed by atoms with van der Waals surface area (Å²) in [6.45, 7) is 0.565. The maximum atomic E-state index is 10.9. The van der Waals surface area contributed by atoms with Crippen LogP contribution >= 0.6 is 0 Å². The fourth-order valence-corrected chi connectivity index (χ4v) is 1.93. The Kier molecular flexibility index (Phi) is 4.17. The van der Waals surface area contributed by atoms with Crippen molar-refractivity contribution in [1.29, 1.82) is 0 Å². The van der Waals surface area contributed by atoms with Crippen molar-refractivity contribution in [3.63, 3.8) is 0 Å². The fraction of sp³-hybridized carbons (Fsp3) is 0.231. The molecule has 1 aromatic heterocycles. The molecule has 2 aromatic rings. The van der Waals surface area contributed by atoms with E-state index in [0.29, 0.717) is 18.7 Å². The normalized spacial score (nSPS) is 10.3. The first-order valence-electron chi connectivity index (χ1n) is 6.20. The van der Waals surface area contributed by atoms with Crippen LogP contribution in [0.1, 0.15) is 15.9 Å². The average molecular weight is 290 g/mol. The number of benzene rings is 1. The topological polar surface area (TPSA) is 110 Å². The van der Waals surface area contributed by atoms with Crippen molar-refractivity contribution in [2.45, 2.75) is 6.42 Å². The predicted octanol–water partition coefficient (Wildman–Crippen LogP) is 1.68. The average Bonchev–Trinajstić information content (AvgIpc) is 2.84. The number of nitro groups is 1. The van der Waals surface area contributed by atoms with Crippen LogP contribution in [0.3, 0.4) is 0 Å². The van der Waals surface area contributed by atoms with Crippen LogP contribution in [0.25, 0.3) is 0 Å². The van der Waals surface area contributed by atoms with Gasteiger partial charge >= 0.3 is 5.97 Å². The second kappa shape index (κ2) is 6.04. The van der Waals surface area contributed by atoms with Gasteiger partial charge in [-0.15, -0.1) is 0 Å². The van der Waals surface area contributed by atoms with Crippen LogP contribution in [-0.4, -0.2) is 32.3 Å². The third-order valence-electron chi connectivity index (χ3n) is 2.93. The van der Waals surface area contributed by atoms with E-state index in [9.17, 15) is 14.9 Å². The molecule has 2 rings (SSSR count). The molecule has 21 heavy (non-hydrogen) atoms. The van der Waals surface area contributed by atoms with Crippen LogP contribution in [0.4, 0.5) is 11.4 Å². The van der Waals surface area contributed by atoms with Gasteiger partial charge in [-0.3, -0.25) is 14.8 Å². The molecule has 0 aliphatic carbocycles. The molecule has 0 aliphatic heterocycles. The minimum atomic E-state index is -1.32. The SMILES string of the molecule is Cn1cc(CCNc2ccc(C(=O)O)c([N+](=O)[O-])c2)cn1. The van der Waals surface area contributed by atoms with Crippen molar-refractivity contribution in [2.24, 2.45) is 7.05 Å². The van der Waals surface area contributed by atoms with Crippen LogP contribution < -0.4 is 5.32 Å². The maximum Gasteiger partial charge on any atom is 0.342 e. The number of nitrogens with one attached hydrogen (secondary N) is 1. The quantitative estimate of drug-likeness (QED) is 0.618. The van der Waals surface area contributed by atoms with Gasteiger partial charge < -0.3 is 10.4 Å². The van der Waals surface area contributed by atoms with Gasteiger partial charge in [0.05, 0.1) is 11.1 Å². The number of rotatable bonds is 6. The van der Waals surface area contributed by atoms with Crippen molar-refractivity contribution in [3.8, 4) is 0 Å². The Morgan fingerprint density at radius 1 is 1.52 bits per heavy atom. The van der Waals surface area contributed by atoms with Crippen molar-refractivity contribution in [2.75, 3.05) is 11.9 Å². The minimum absolute atomic E-state index is 0.321. The number of nitro benzene ring substituents is 1. The molecule has 0 fully saturated rings. The standard InChI is InChI=1S/C13H14N4O4/c1-16-8-9(7-15-16)4-5-14-10-2-3-11(13(18)19)12(6-10)17(20)21/h2-3,6-8,14H,4-5H2,1H3,(H,18,19). The first-order valence-corrected chi connectivity index (χ1v) is 6.20. The second-order valence-corrected chi connectivity index (χ2v) is 4.49. The van der Waals surface area contributed by atoms with Crippen LogP contribution in [0.5, 0.6) is 0 Å². The Morgan fingerprint density at radius 3 is 2.86 bits per heavy atom. The Labute approximate surface area is 120 Å². The second-order valence-electron chi connectivity index (χ2n) is 4.49. The highest BCUT2D eigenvalue weighted by molar-refractivity contribution is 5.93. The third kappa shape index (κ3) is 3.56. The number of nitrogens with zero attached hydrogens (tertiary/aromatic N) is 3. The van der Waals surface area contributed by atoms with Crippen molar-refractivity contribution < 1.29 is 14.8 Å². The summed E-state index contributed by atoms with van der Waals surface area (Å²) in [4.78, 5) is 21.1. The van der Waals surface area contributed by atoms with E-state index in [-0.39, 0.29) is 5.56 Å². The molecule has 0 spiro atoms. The molecular weight excluding hydrogens is 276 g/mol. The number of anilines is 1. The number of carbonyl (C=O) groups is 1. The van der Waals surface area contributed by atoms with Crippen LogP contribution in [0.2, 0.25) is 0 Å². The molecule has 0 atom stereocenters. The van der Waals surface area contributed by atoms with Crippen LogP contribution in [0.15, 0.2) is 30.6 Å². The van der Waals surface area contributed by atoms with Gasteiger partial charge in [-0.25, -0.2) is 4.79 Å². The van der Waals surface area contributed by atoms with Gasteiger partial charge in [-0.05, 0) is 24.1 Å². The molecule has 1 heterocycles. The van der Waals surface area contributed by atoms with E-state index in [0.717, 1.165) is 5.56 Å². The molecule has 0 radical (unpaired) electrons. The number of carboxylic acids is 1. The summed E-state index contributed by atoms with van der Waals surface area (Å²) in [5.74, 6) is -1.32. The van der Waals surface area contributed by atoms with Crippen LogP contribution in [-0.2, 0) is 13.5 Å². The first-order chi connectivity index (χ1) is 9.97. The molecule has 8 nitrogen and oxygen atoms in total. The number of aromatic nitrogens is 2. The Hall–Kier alpha value is -2.90. The Morgan fingerprint density at radius 2 is 2.29 bits per heavy atom. The summed E-state index contributed by atoms with van der Waals surface area (Å²) in [6, 6.07) is 3.97. The fourth-order valence-electron chi connectivity index (χ4n) is 1.93. The van der Waals surface area contributed by atoms with E-state index in [1.165, 1.54) is 18.2 Å².